The third-order valence-corrected chi connectivity index (χ3v) is 4.79. The van der Waals surface area contributed by atoms with Gasteiger partial charge < -0.3 is 10.6 Å². The molecule has 1 aliphatic rings. The zero-order valence-corrected chi connectivity index (χ0v) is 14.7. The van der Waals surface area contributed by atoms with Gasteiger partial charge in [-0.3, -0.25) is 9.59 Å². The molecule has 2 aromatic carbocycles. The highest BCUT2D eigenvalue weighted by molar-refractivity contribution is 8.00. The lowest BCUT2D eigenvalue weighted by Gasteiger charge is -2.31. The minimum absolute atomic E-state index is 0.0668. The molecular weight excluding hydrogens is 355 g/mol. The summed E-state index contributed by atoms with van der Waals surface area (Å²) in [7, 11) is 0. The first-order valence-corrected chi connectivity index (χ1v) is 9.18. The van der Waals surface area contributed by atoms with Crippen molar-refractivity contribution in [2.24, 2.45) is 0 Å². The van der Waals surface area contributed by atoms with Gasteiger partial charge in [-0.2, -0.15) is 0 Å². The number of nitrogens with one attached hydrogen (secondary N) is 4. The number of carbonyl (C=O) groups is 2. The predicted molar refractivity (Wildman–Crippen MR) is 99.6 cm³/mol. The van der Waals surface area contributed by atoms with Crippen molar-refractivity contribution in [1.82, 2.24) is 16.2 Å². The molecule has 136 valence electrons. The summed E-state index contributed by atoms with van der Waals surface area (Å²) in [5.41, 5.74) is 6.70. The molecule has 0 radical (unpaired) electrons. The first kappa shape index (κ1) is 18.4. The largest absolute Gasteiger partial charge is 0.329 e. The van der Waals surface area contributed by atoms with Crippen molar-refractivity contribution in [2.45, 2.75) is 18.0 Å². The summed E-state index contributed by atoms with van der Waals surface area (Å²) in [5.74, 6) is -0.903. The Balaban J connectivity index is 1.44. The van der Waals surface area contributed by atoms with Crippen molar-refractivity contribution in [3.05, 3.63) is 66.0 Å². The molecular formula is C18H19FN4O2S. The van der Waals surface area contributed by atoms with Gasteiger partial charge in [0.15, 0.2) is 0 Å². The summed E-state index contributed by atoms with van der Waals surface area (Å²) < 4.78 is 13.5. The van der Waals surface area contributed by atoms with Crippen LogP contribution in [0.2, 0.25) is 0 Å². The fourth-order valence-electron chi connectivity index (χ4n) is 2.49. The fourth-order valence-corrected chi connectivity index (χ4v) is 3.23. The molecule has 4 N–H and O–H groups in total. The minimum Gasteiger partial charge on any atom is -0.329 e. The molecule has 6 nitrogen and oxygen atoms in total. The van der Waals surface area contributed by atoms with Gasteiger partial charge in [0.2, 0.25) is 11.8 Å². The van der Waals surface area contributed by atoms with E-state index in [1.807, 2.05) is 30.3 Å². The van der Waals surface area contributed by atoms with E-state index in [1.165, 1.54) is 23.9 Å². The Hall–Kier alpha value is -2.42. The molecule has 2 atom stereocenters. The van der Waals surface area contributed by atoms with Crippen molar-refractivity contribution in [3.8, 4) is 0 Å². The lowest BCUT2D eigenvalue weighted by atomic mass is 10.1. The molecule has 8 heteroatoms. The molecule has 1 saturated heterocycles. The van der Waals surface area contributed by atoms with Crippen LogP contribution in [0.15, 0.2) is 54.6 Å². The molecule has 0 aromatic heterocycles. The van der Waals surface area contributed by atoms with E-state index in [2.05, 4.69) is 21.5 Å². The van der Waals surface area contributed by atoms with Gasteiger partial charge in [-0.1, -0.05) is 42.5 Å². The SMILES string of the molecule is O=C(CSC1NNC(Cc2ccccc2)C(=O)N1)Nc1ccccc1F. The first-order valence-electron chi connectivity index (χ1n) is 8.13. The number of hydrogen-bond acceptors (Lipinski definition) is 5. The highest BCUT2D eigenvalue weighted by Gasteiger charge is 2.27. The molecule has 3 rings (SSSR count). The molecule has 1 heterocycles. The standard InChI is InChI=1S/C18H19FN4O2S/c19-13-8-4-5-9-14(13)20-16(24)11-26-18-21-17(25)15(22-23-18)10-12-6-2-1-3-7-12/h1-9,15,18,22-23H,10-11H2,(H,20,24)(H,21,25). The Labute approximate surface area is 154 Å². The van der Waals surface area contributed by atoms with E-state index in [-0.39, 0.29) is 29.3 Å². The van der Waals surface area contributed by atoms with Crippen molar-refractivity contribution >= 4 is 29.3 Å². The second-order valence-electron chi connectivity index (χ2n) is 5.76. The van der Waals surface area contributed by atoms with Crippen molar-refractivity contribution < 1.29 is 14.0 Å². The smallest absolute Gasteiger partial charge is 0.240 e. The number of carbonyl (C=O) groups excluding carboxylic acids is 2. The number of hydrogen-bond donors (Lipinski definition) is 4. The number of halogens is 1. The lowest BCUT2D eigenvalue weighted by Crippen LogP contribution is -2.64. The van der Waals surface area contributed by atoms with E-state index in [0.29, 0.717) is 6.42 Å². The van der Waals surface area contributed by atoms with Crippen LogP contribution in [0.4, 0.5) is 10.1 Å². The fraction of sp³-hybridized carbons (Fsp3) is 0.222. The molecule has 1 fully saturated rings. The Morgan fingerprint density at radius 3 is 2.54 bits per heavy atom. The lowest BCUT2D eigenvalue weighted by molar-refractivity contribution is -0.125. The monoisotopic (exact) mass is 374 g/mol. The van der Waals surface area contributed by atoms with Crippen LogP contribution in [-0.2, 0) is 16.0 Å². The average Bonchev–Trinajstić information content (AvgIpc) is 2.65. The van der Waals surface area contributed by atoms with Crippen LogP contribution in [0.1, 0.15) is 5.56 Å². The molecule has 2 unspecified atom stereocenters. The van der Waals surface area contributed by atoms with Crippen LogP contribution in [0, 0.1) is 5.82 Å². The summed E-state index contributed by atoms with van der Waals surface area (Å²) in [4.78, 5) is 24.1. The maximum atomic E-state index is 13.5. The van der Waals surface area contributed by atoms with E-state index in [0.717, 1.165) is 5.56 Å². The average molecular weight is 374 g/mol. The van der Waals surface area contributed by atoms with E-state index in [1.54, 1.807) is 12.1 Å². The molecule has 0 saturated carbocycles. The third kappa shape index (κ3) is 5.04. The quantitative estimate of drug-likeness (QED) is 0.618. The Morgan fingerprint density at radius 1 is 1.08 bits per heavy atom. The van der Waals surface area contributed by atoms with E-state index >= 15 is 0 Å². The zero-order valence-electron chi connectivity index (χ0n) is 13.9. The predicted octanol–water partition coefficient (Wildman–Crippen LogP) is 1.62. The van der Waals surface area contributed by atoms with E-state index < -0.39 is 11.3 Å². The topological polar surface area (TPSA) is 82.3 Å². The van der Waals surface area contributed by atoms with Crippen LogP contribution in [-0.4, -0.2) is 29.1 Å². The van der Waals surface area contributed by atoms with Crippen molar-refractivity contribution in [3.63, 3.8) is 0 Å². The number of hydrazine groups is 1. The maximum Gasteiger partial charge on any atom is 0.240 e. The third-order valence-electron chi connectivity index (χ3n) is 3.79. The first-order chi connectivity index (χ1) is 12.6. The van der Waals surface area contributed by atoms with Gasteiger partial charge in [-0.15, -0.1) is 11.8 Å². The van der Waals surface area contributed by atoms with Gasteiger partial charge in [0.25, 0.3) is 0 Å². The van der Waals surface area contributed by atoms with Gasteiger partial charge >= 0.3 is 0 Å². The summed E-state index contributed by atoms with van der Waals surface area (Å²) in [6.45, 7) is 0. The molecule has 26 heavy (non-hydrogen) atoms. The van der Waals surface area contributed by atoms with Gasteiger partial charge in [-0.05, 0) is 24.1 Å². The number of anilines is 1. The maximum absolute atomic E-state index is 13.5. The zero-order chi connectivity index (χ0) is 18.4. The second-order valence-corrected chi connectivity index (χ2v) is 6.85. The summed E-state index contributed by atoms with van der Waals surface area (Å²) >= 11 is 1.20. The highest BCUT2D eigenvalue weighted by Crippen LogP contribution is 2.14. The summed E-state index contributed by atoms with van der Waals surface area (Å²) in [5, 5.41) is 5.32. The Morgan fingerprint density at radius 2 is 1.81 bits per heavy atom. The Kier molecular flexibility index (Phi) is 6.21. The van der Waals surface area contributed by atoms with Crippen LogP contribution in [0.5, 0.6) is 0 Å². The molecule has 2 aromatic rings. The van der Waals surface area contributed by atoms with E-state index in [4.69, 9.17) is 0 Å². The van der Waals surface area contributed by atoms with Gasteiger partial charge in [-0.25, -0.2) is 15.2 Å². The number of thioether (sulfide) groups is 1. The number of benzene rings is 2. The van der Waals surface area contributed by atoms with Crippen molar-refractivity contribution in [1.29, 1.82) is 0 Å². The molecule has 0 aliphatic carbocycles. The van der Waals surface area contributed by atoms with Crippen molar-refractivity contribution in [2.75, 3.05) is 11.1 Å². The van der Waals surface area contributed by atoms with Crippen LogP contribution in [0.25, 0.3) is 0 Å². The van der Waals surface area contributed by atoms with Crippen LogP contribution >= 0.6 is 11.8 Å². The summed E-state index contributed by atoms with van der Waals surface area (Å²) in [6.07, 6.45) is 0.560. The van der Waals surface area contributed by atoms with E-state index in [9.17, 15) is 14.0 Å². The van der Waals surface area contributed by atoms with Crippen LogP contribution < -0.4 is 21.5 Å². The Bertz CT molecular complexity index is 775. The number of rotatable bonds is 6. The molecule has 0 bridgehead atoms. The van der Waals surface area contributed by atoms with Gasteiger partial charge in [0.1, 0.15) is 17.4 Å². The number of para-hydroxylation sites is 1. The molecule has 1 aliphatic heterocycles. The normalized spacial score (nSPS) is 19.7. The second kappa shape index (κ2) is 8.79. The molecule has 0 spiro atoms. The van der Waals surface area contributed by atoms with Gasteiger partial charge in [0, 0.05) is 0 Å². The van der Waals surface area contributed by atoms with Crippen LogP contribution in [0.3, 0.4) is 0 Å². The molecule has 2 amide bonds. The summed E-state index contributed by atoms with van der Waals surface area (Å²) in [6, 6.07) is 15.3. The van der Waals surface area contributed by atoms with Gasteiger partial charge in [0.05, 0.1) is 11.4 Å². The minimum atomic E-state index is -0.486. The number of amides is 2. The highest BCUT2D eigenvalue weighted by atomic mass is 32.2.